The lowest BCUT2D eigenvalue weighted by Crippen LogP contribution is -2.35. The molecule has 2 aromatic rings. The van der Waals surface area contributed by atoms with Crippen molar-refractivity contribution in [3.63, 3.8) is 0 Å². The lowest BCUT2D eigenvalue weighted by Gasteiger charge is -2.23. The second-order valence-corrected chi connectivity index (χ2v) is 5.93. The number of amides is 1. The van der Waals surface area contributed by atoms with Gasteiger partial charge in [0, 0.05) is 24.0 Å². The molecule has 0 radical (unpaired) electrons. The molecular weight excluding hydrogens is 274 g/mol. The van der Waals surface area contributed by atoms with Gasteiger partial charge in [-0.2, -0.15) is 0 Å². The Morgan fingerprint density at radius 2 is 2.05 bits per heavy atom. The molecule has 4 heteroatoms. The van der Waals surface area contributed by atoms with Crippen LogP contribution in [-0.4, -0.2) is 23.9 Å². The SMILES string of the molecule is Cc1c(C(=O)N(C)C2CCCC2)oc2c(Cl)cccc12. The number of hydrogen-bond donors (Lipinski definition) is 0. The first-order chi connectivity index (χ1) is 9.59. The lowest BCUT2D eigenvalue weighted by atomic mass is 10.1. The highest BCUT2D eigenvalue weighted by Gasteiger charge is 2.28. The van der Waals surface area contributed by atoms with E-state index in [1.807, 2.05) is 31.0 Å². The molecular formula is C16H18ClNO2. The van der Waals surface area contributed by atoms with Gasteiger partial charge >= 0.3 is 0 Å². The van der Waals surface area contributed by atoms with Crippen LogP contribution in [-0.2, 0) is 0 Å². The van der Waals surface area contributed by atoms with Crippen LogP contribution >= 0.6 is 11.6 Å². The highest BCUT2D eigenvalue weighted by molar-refractivity contribution is 6.35. The molecule has 20 heavy (non-hydrogen) atoms. The van der Waals surface area contributed by atoms with Crippen molar-refractivity contribution in [2.45, 2.75) is 38.6 Å². The molecule has 1 saturated carbocycles. The van der Waals surface area contributed by atoms with Gasteiger partial charge in [0.25, 0.3) is 5.91 Å². The molecule has 0 saturated heterocycles. The van der Waals surface area contributed by atoms with Crippen LogP contribution < -0.4 is 0 Å². The van der Waals surface area contributed by atoms with Gasteiger partial charge in [-0.1, -0.05) is 36.6 Å². The molecule has 0 spiro atoms. The normalized spacial score (nSPS) is 15.9. The fraction of sp³-hybridized carbons (Fsp3) is 0.438. The van der Waals surface area contributed by atoms with E-state index in [0.29, 0.717) is 22.4 Å². The molecule has 1 aliphatic carbocycles. The monoisotopic (exact) mass is 291 g/mol. The number of halogens is 1. The van der Waals surface area contributed by atoms with Crippen molar-refractivity contribution in [2.24, 2.45) is 0 Å². The predicted molar refractivity (Wildman–Crippen MR) is 80.3 cm³/mol. The Labute approximate surface area is 123 Å². The molecule has 1 heterocycles. The summed E-state index contributed by atoms with van der Waals surface area (Å²) in [6.07, 6.45) is 4.57. The maximum Gasteiger partial charge on any atom is 0.289 e. The van der Waals surface area contributed by atoms with Crippen LogP contribution in [0.4, 0.5) is 0 Å². The standard InChI is InChI=1S/C16H18ClNO2/c1-10-12-8-5-9-13(17)15(12)20-14(10)16(19)18(2)11-6-3-4-7-11/h5,8-9,11H,3-4,6-7H2,1-2H3. The number of carbonyl (C=O) groups excluding carboxylic acids is 1. The molecule has 0 bridgehead atoms. The van der Waals surface area contributed by atoms with Crippen LogP contribution in [0.2, 0.25) is 5.02 Å². The number of hydrogen-bond acceptors (Lipinski definition) is 2. The summed E-state index contributed by atoms with van der Waals surface area (Å²) >= 11 is 6.14. The largest absolute Gasteiger partial charge is 0.449 e. The van der Waals surface area contributed by atoms with Crippen LogP contribution in [0.15, 0.2) is 22.6 Å². The van der Waals surface area contributed by atoms with Gasteiger partial charge < -0.3 is 9.32 Å². The van der Waals surface area contributed by atoms with Crippen molar-refractivity contribution in [1.82, 2.24) is 4.90 Å². The molecule has 3 rings (SSSR count). The van der Waals surface area contributed by atoms with E-state index < -0.39 is 0 Å². The Balaban J connectivity index is 1.99. The summed E-state index contributed by atoms with van der Waals surface area (Å²) in [4.78, 5) is 14.4. The number of aryl methyl sites for hydroxylation is 1. The van der Waals surface area contributed by atoms with Crippen LogP contribution in [0, 0.1) is 6.92 Å². The summed E-state index contributed by atoms with van der Waals surface area (Å²) in [5, 5.41) is 1.47. The second-order valence-electron chi connectivity index (χ2n) is 5.53. The highest BCUT2D eigenvalue weighted by atomic mass is 35.5. The highest BCUT2D eigenvalue weighted by Crippen LogP contribution is 2.32. The van der Waals surface area contributed by atoms with E-state index in [-0.39, 0.29) is 5.91 Å². The Morgan fingerprint density at radius 3 is 2.70 bits per heavy atom. The minimum atomic E-state index is -0.0401. The van der Waals surface area contributed by atoms with Gasteiger partial charge in [-0.3, -0.25) is 4.79 Å². The first kappa shape index (κ1) is 13.5. The van der Waals surface area contributed by atoms with E-state index in [2.05, 4.69) is 0 Å². The van der Waals surface area contributed by atoms with Crippen molar-refractivity contribution in [3.8, 4) is 0 Å². The summed E-state index contributed by atoms with van der Waals surface area (Å²) in [5.74, 6) is 0.379. The summed E-state index contributed by atoms with van der Waals surface area (Å²) in [6.45, 7) is 1.91. The number of para-hydroxylation sites is 1. The minimum absolute atomic E-state index is 0.0401. The van der Waals surface area contributed by atoms with Gasteiger partial charge in [0.1, 0.15) is 0 Å². The molecule has 0 atom stereocenters. The van der Waals surface area contributed by atoms with Crippen molar-refractivity contribution in [1.29, 1.82) is 0 Å². The number of rotatable bonds is 2. The summed E-state index contributed by atoms with van der Waals surface area (Å²) in [7, 11) is 1.87. The molecule has 1 amide bonds. The number of fused-ring (bicyclic) bond motifs is 1. The van der Waals surface area contributed by atoms with Crippen LogP contribution in [0.5, 0.6) is 0 Å². The van der Waals surface area contributed by atoms with E-state index in [1.165, 1.54) is 12.8 Å². The summed E-state index contributed by atoms with van der Waals surface area (Å²) in [6, 6.07) is 5.93. The molecule has 3 nitrogen and oxygen atoms in total. The minimum Gasteiger partial charge on any atom is -0.449 e. The van der Waals surface area contributed by atoms with Crippen LogP contribution in [0.3, 0.4) is 0 Å². The van der Waals surface area contributed by atoms with Crippen LogP contribution in [0.25, 0.3) is 11.0 Å². The van der Waals surface area contributed by atoms with Gasteiger partial charge in [-0.25, -0.2) is 0 Å². The average molecular weight is 292 g/mol. The topological polar surface area (TPSA) is 33.5 Å². The van der Waals surface area contributed by atoms with Gasteiger partial charge in [-0.05, 0) is 25.8 Å². The van der Waals surface area contributed by atoms with E-state index in [1.54, 1.807) is 6.07 Å². The third kappa shape index (κ3) is 2.10. The first-order valence-electron chi connectivity index (χ1n) is 7.04. The van der Waals surface area contributed by atoms with Gasteiger partial charge in [0.15, 0.2) is 11.3 Å². The lowest BCUT2D eigenvalue weighted by molar-refractivity contribution is 0.0704. The summed E-state index contributed by atoms with van der Waals surface area (Å²) < 4.78 is 5.75. The van der Waals surface area contributed by atoms with Crippen molar-refractivity contribution >= 4 is 28.5 Å². The van der Waals surface area contributed by atoms with E-state index >= 15 is 0 Å². The number of benzene rings is 1. The third-order valence-electron chi connectivity index (χ3n) is 4.30. The van der Waals surface area contributed by atoms with Gasteiger partial charge in [0.2, 0.25) is 0 Å². The maximum absolute atomic E-state index is 12.6. The van der Waals surface area contributed by atoms with E-state index in [4.69, 9.17) is 16.0 Å². The van der Waals surface area contributed by atoms with Gasteiger partial charge in [-0.15, -0.1) is 0 Å². The fourth-order valence-electron chi connectivity index (χ4n) is 3.03. The number of nitrogens with zero attached hydrogens (tertiary/aromatic N) is 1. The Hall–Kier alpha value is -1.48. The molecule has 106 valence electrons. The van der Waals surface area contributed by atoms with Crippen molar-refractivity contribution in [2.75, 3.05) is 7.05 Å². The zero-order chi connectivity index (χ0) is 14.3. The average Bonchev–Trinajstić information content (AvgIpc) is 3.07. The van der Waals surface area contributed by atoms with Gasteiger partial charge in [0.05, 0.1) is 5.02 Å². The molecule has 1 aromatic heterocycles. The molecule has 0 aliphatic heterocycles. The maximum atomic E-state index is 12.6. The smallest absolute Gasteiger partial charge is 0.289 e. The molecule has 1 aliphatic rings. The zero-order valence-corrected chi connectivity index (χ0v) is 12.5. The Morgan fingerprint density at radius 1 is 1.35 bits per heavy atom. The second kappa shape index (κ2) is 5.13. The van der Waals surface area contributed by atoms with Crippen molar-refractivity contribution in [3.05, 3.63) is 34.5 Å². The molecule has 0 unspecified atom stereocenters. The van der Waals surface area contributed by atoms with E-state index in [0.717, 1.165) is 23.8 Å². The van der Waals surface area contributed by atoms with Crippen LogP contribution in [0.1, 0.15) is 41.8 Å². The zero-order valence-electron chi connectivity index (χ0n) is 11.8. The quantitative estimate of drug-likeness (QED) is 0.821. The Bertz CT molecular complexity index is 656. The summed E-state index contributed by atoms with van der Waals surface area (Å²) in [5.41, 5.74) is 1.48. The predicted octanol–water partition coefficient (Wildman–Crippen LogP) is 4.41. The number of carbonyl (C=O) groups is 1. The molecule has 1 aromatic carbocycles. The Kier molecular flexibility index (Phi) is 3.47. The van der Waals surface area contributed by atoms with E-state index in [9.17, 15) is 4.79 Å². The fourth-order valence-corrected chi connectivity index (χ4v) is 3.24. The number of furan rings is 1. The van der Waals surface area contributed by atoms with Crippen molar-refractivity contribution < 1.29 is 9.21 Å². The first-order valence-corrected chi connectivity index (χ1v) is 7.42. The molecule has 1 fully saturated rings. The molecule has 0 N–H and O–H groups in total. The third-order valence-corrected chi connectivity index (χ3v) is 4.60.